The number of likely N-dealkylation sites (N-methyl/N-ethyl adjacent to an activating group) is 1. The van der Waals surface area contributed by atoms with Crippen LogP contribution in [0.1, 0.15) is 51.0 Å². The Hall–Kier alpha value is -0.570. The summed E-state index contributed by atoms with van der Waals surface area (Å²) in [5, 5.41) is 4.34. The van der Waals surface area contributed by atoms with Crippen molar-refractivity contribution in [3.63, 3.8) is 0 Å². The molecular weight excluding hydrogens is 282 g/mol. The summed E-state index contributed by atoms with van der Waals surface area (Å²) in [6.07, 6.45) is 8.50. The van der Waals surface area contributed by atoms with Gasteiger partial charge in [0, 0.05) is 17.7 Å². The molecule has 1 saturated carbocycles. The summed E-state index contributed by atoms with van der Waals surface area (Å²) in [4.78, 5) is 0. The number of nitrogens with one attached hydrogen (secondary N) is 1. The normalized spacial score (nSPS) is 20.0. The van der Waals surface area contributed by atoms with Gasteiger partial charge in [0.05, 0.1) is 5.60 Å². The fourth-order valence-corrected chi connectivity index (χ4v) is 3.87. The van der Waals surface area contributed by atoms with Gasteiger partial charge in [-0.25, -0.2) is 0 Å². The van der Waals surface area contributed by atoms with E-state index in [-0.39, 0.29) is 5.60 Å². The van der Waals surface area contributed by atoms with E-state index >= 15 is 0 Å². The van der Waals surface area contributed by atoms with E-state index in [2.05, 4.69) is 31.4 Å². The summed E-state index contributed by atoms with van der Waals surface area (Å²) in [7, 11) is 2.06. The summed E-state index contributed by atoms with van der Waals surface area (Å²) >= 11 is 6.13. The Morgan fingerprint density at radius 3 is 2.52 bits per heavy atom. The zero-order chi connectivity index (χ0) is 15.1. The van der Waals surface area contributed by atoms with Crippen LogP contribution >= 0.6 is 11.6 Å². The number of hydrogen-bond donors (Lipinski definition) is 1. The third-order valence-corrected chi connectivity index (χ3v) is 4.93. The van der Waals surface area contributed by atoms with E-state index in [1.54, 1.807) is 0 Å². The summed E-state index contributed by atoms with van der Waals surface area (Å²) in [6.45, 7) is 2.90. The van der Waals surface area contributed by atoms with Gasteiger partial charge in [-0.1, -0.05) is 49.4 Å². The van der Waals surface area contributed by atoms with Crippen LogP contribution in [0.2, 0.25) is 5.02 Å². The van der Waals surface area contributed by atoms with Crippen molar-refractivity contribution in [1.82, 2.24) is 5.32 Å². The van der Waals surface area contributed by atoms with Gasteiger partial charge in [-0.15, -0.1) is 0 Å². The lowest BCUT2D eigenvalue weighted by molar-refractivity contribution is -0.0752. The Morgan fingerprint density at radius 1 is 1.24 bits per heavy atom. The van der Waals surface area contributed by atoms with Crippen LogP contribution in [-0.4, -0.2) is 25.3 Å². The molecule has 1 aromatic rings. The van der Waals surface area contributed by atoms with E-state index in [9.17, 15) is 0 Å². The summed E-state index contributed by atoms with van der Waals surface area (Å²) in [5.74, 6) is 0. The van der Waals surface area contributed by atoms with Crippen molar-refractivity contribution >= 4 is 11.6 Å². The predicted octanol–water partition coefficient (Wildman–Crippen LogP) is 4.60. The van der Waals surface area contributed by atoms with Gasteiger partial charge in [0.15, 0.2) is 0 Å². The highest BCUT2D eigenvalue weighted by atomic mass is 35.5. The van der Waals surface area contributed by atoms with Crippen LogP contribution in [0.5, 0.6) is 0 Å². The molecule has 0 amide bonds. The van der Waals surface area contributed by atoms with Gasteiger partial charge in [0.2, 0.25) is 0 Å². The second kappa shape index (κ2) is 8.17. The molecule has 118 valence electrons. The second-order valence-corrected chi connectivity index (χ2v) is 6.52. The molecule has 0 radical (unpaired) electrons. The minimum absolute atomic E-state index is 0.0255. The number of rotatable bonds is 6. The molecule has 2 nitrogen and oxygen atoms in total. The summed E-state index contributed by atoms with van der Waals surface area (Å²) in [6, 6.07) is 8.54. The molecule has 1 unspecified atom stereocenters. The highest BCUT2D eigenvalue weighted by Crippen LogP contribution is 2.35. The Labute approximate surface area is 134 Å². The van der Waals surface area contributed by atoms with Crippen LogP contribution in [0.15, 0.2) is 24.3 Å². The minimum atomic E-state index is -0.0255. The third-order valence-electron chi connectivity index (χ3n) is 4.69. The number of hydrogen-bond acceptors (Lipinski definition) is 2. The Bertz CT molecular complexity index is 427. The van der Waals surface area contributed by atoms with E-state index in [0.29, 0.717) is 6.04 Å². The zero-order valence-corrected chi connectivity index (χ0v) is 14.1. The predicted molar refractivity (Wildman–Crippen MR) is 90.1 cm³/mol. The zero-order valence-electron chi connectivity index (χ0n) is 13.3. The molecule has 1 aliphatic carbocycles. The van der Waals surface area contributed by atoms with E-state index in [1.807, 2.05) is 12.1 Å². The maximum atomic E-state index is 6.31. The molecule has 1 aliphatic rings. The molecule has 1 aromatic carbocycles. The first-order valence-corrected chi connectivity index (χ1v) is 8.63. The number of benzene rings is 1. The summed E-state index contributed by atoms with van der Waals surface area (Å²) < 4.78 is 6.31. The lowest BCUT2D eigenvalue weighted by atomic mass is 9.82. The van der Waals surface area contributed by atoms with Gasteiger partial charge in [-0.05, 0) is 50.9 Å². The first-order chi connectivity index (χ1) is 10.2. The van der Waals surface area contributed by atoms with Crippen molar-refractivity contribution in [3.8, 4) is 0 Å². The van der Waals surface area contributed by atoms with E-state index in [0.717, 1.165) is 30.9 Å². The van der Waals surface area contributed by atoms with Crippen LogP contribution in [0.3, 0.4) is 0 Å². The van der Waals surface area contributed by atoms with Crippen molar-refractivity contribution in [1.29, 1.82) is 0 Å². The molecule has 0 bridgehead atoms. The quantitative estimate of drug-likeness (QED) is 0.775. The molecule has 0 aliphatic heterocycles. The number of ether oxygens (including phenoxy) is 1. The fourth-order valence-electron chi connectivity index (χ4n) is 3.66. The maximum absolute atomic E-state index is 6.31. The Kier molecular flexibility index (Phi) is 6.53. The third kappa shape index (κ3) is 4.45. The lowest BCUT2D eigenvalue weighted by Crippen LogP contribution is -2.52. The van der Waals surface area contributed by atoms with Gasteiger partial charge in [0.1, 0.15) is 0 Å². The van der Waals surface area contributed by atoms with Crippen molar-refractivity contribution in [2.45, 2.75) is 63.5 Å². The average molecular weight is 310 g/mol. The molecule has 0 saturated heterocycles. The largest absolute Gasteiger partial charge is 0.374 e. The molecule has 1 atom stereocenters. The van der Waals surface area contributed by atoms with Crippen LogP contribution < -0.4 is 5.32 Å². The van der Waals surface area contributed by atoms with Crippen LogP contribution in [0, 0.1) is 0 Å². The van der Waals surface area contributed by atoms with Gasteiger partial charge in [-0.3, -0.25) is 0 Å². The van der Waals surface area contributed by atoms with E-state index < -0.39 is 0 Å². The van der Waals surface area contributed by atoms with Gasteiger partial charge in [0.25, 0.3) is 0 Å². The Morgan fingerprint density at radius 2 is 1.95 bits per heavy atom. The van der Waals surface area contributed by atoms with Gasteiger partial charge < -0.3 is 10.1 Å². The van der Waals surface area contributed by atoms with Gasteiger partial charge in [-0.2, -0.15) is 0 Å². The maximum Gasteiger partial charge on any atom is 0.0837 e. The molecule has 1 fully saturated rings. The molecule has 21 heavy (non-hydrogen) atoms. The molecule has 0 heterocycles. The lowest BCUT2D eigenvalue weighted by Gasteiger charge is -2.40. The standard InChI is InChI=1S/C18H28ClNO/c1-3-21-18(11-6-4-5-7-12-18)17(20-2)14-15-9-8-10-16(19)13-15/h8-10,13,17,20H,3-7,11-12,14H2,1-2H3. The monoisotopic (exact) mass is 309 g/mol. The number of halogens is 1. The molecule has 2 rings (SSSR count). The fraction of sp³-hybridized carbons (Fsp3) is 0.667. The van der Waals surface area contributed by atoms with Crippen molar-refractivity contribution < 1.29 is 4.74 Å². The SMILES string of the molecule is CCOC1(C(Cc2cccc(Cl)c2)NC)CCCCCC1. The molecular formula is C18H28ClNO. The Balaban J connectivity index is 2.18. The van der Waals surface area contributed by atoms with E-state index in [4.69, 9.17) is 16.3 Å². The van der Waals surface area contributed by atoms with Crippen LogP contribution in [0.4, 0.5) is 0 Å². The first kappa shape index (κ1) is 16.8. The molecule has 0 aromatic heterocycles. The average Bonchev–Trinajstić information content (AvgIpc) is 2.72. The topological polar surface area (TPSA) is 21.3 Å². The summed E-state index contributed by atoms with van der Waals surface area (Å²) in [5.41, 5.74) is 1.26. The van der Waals surface area contributed by atoms with E-state index in [1.165, 1.54) is 31.2 Å². The molecule has 0 spiro atoms. The van der Waals surface area contributed by atoms with Crippen LogP contribution in [-0.2, 0) is 11.2 Å². The molecule has 3 heteroatoms. The molecule has 1 N–H and O–H groups in total. The highest BCUT2D eigenvalue weighted by Gasteiger charge is 2.38. The first-order valence-electron chi connectivity index (χ1n) is 8.26. The van der Waals surface area contributed by atoms with Crippen molar-refractivity contribution in [2.24, 2.45) is 0 Å². The van der Waals surface area contributed by atoms with Crippen molar-refractivity contribution in [2.75, 3.05) is 13.7 Å². The second-order valence-electron chi connectivity index (χ2n) is 6.09. The van der Waals surface area contributed by atoms with Gasteiger partial charge >= 0.3 is 0 Å². The smallest absolute Gasteiger partial charge is 0.0837 e. The minimum Gasteiger partial charge on any atom is -0.374 e. The van der Waals surface area contributed by atoms with Crippen LogP contribution in [0.25, 0.3) is 0 Å². The highest BCUT2D eigenvalue weighted by molar-refractivity contribution is 6.30. The van der Waals surface area contributed by atoms with Crippen molar-refractivity contribution in [3.05, 3.63) is 34.9 Å².